The Morgan fingerprint density at radius 3 is 2.15 bits per heavy atom. The van der Waals surface area contributed by atoms with E-state index in [1.54, 1.807) is 46.7 Å². The summed E-state index contributed by atoms with van der Waals surface area (Å²) in [6.45, 7) is 21.9. The second-order valence-corrected chi connectivity index (χ2v) is 35.8. The van der Waals surface area contributed by atoms with Crippen LogP contribution in [0.25, 0.3) is 16.0 Å². The summed E-state index contributed by atoms with van der Waals surface area (Å²) in [5.74, 6) is -0.988. The maximum Gasteiger partial charge on any atom is 0.501 e. The lowest BCUT2D eigenvalue weighted by molar-refractivity contribution is -0.144. The third kappa shape index (κ3) is 22.4. The van der Waals surface area contributed by atoms with Gasteiger partial charge in [0.2, 0.25) is 23.6 Å². The normalized spacial score (nSPS) is 18.8. The Hall–Kier alpha value is -7.45. The molecule has 18 nitrogen and oxygen atoms in total. The van der Waals surface area contributed by atoms with E-state index >= 15 is 0 Å². The maximum absolute atomic E-state index is 14.5. The van der Waals surface area contributed by atoms with Crippen molar-refractivity contribution in [2.24, 2.45) is 10.8 Å². The van der Waals surface area contributed by atoms with Crippen LogP contribution in [-0.2, 0) is 40.2 Å². The van der Waals surface area contributed by atoms with Crippen molar-refractivity contribution in [3.63, 3.8) is 0 Å². The van der Waals surface area contributed by atoms with E-state index in [0.717, 1.165) is 135 Å². The topological polar surface area (TPSA) is 206 Å². The molecule has 0 radical (unpaired) electrons. The van der Waals surface area contributed by atoms with Gasteiger partial charge in [0.05, 0.1) is 41.0 Å². The number of piperazine rings is 1. The van der Waals surface area contributed by atoms with Crippen molar-refractivity contribution in [1.29, 1.82) is 0 Å². The van der Waals surface area contributed by atoms with Gasteiger partial charge >= 0.3 is 5.51 Å². The van der Waals surface area contributed by atoms with Crippen LogP contribution >= 0.6 is 33.6 Å². The number of alkyl halides is 3. The standard InChI is InChI=1S/C83H108ClF3N10O8S3/c1-9-107(69-38-39-71(73(53-69)108(103,104)83(85,86)87)90-67(35-24-60-19-14-13-15-20-60)41-44-94-49-51-105-52-50-94)92-78(100)64-31-36-68(37-32-64)96-47-45-95(46-48-96)55-65-54-82(7,42-40-70(65)62-29-33-66(84)34-30-62)56-93(8)75(99)23-17-12-10-11-16-22-74(98)91-77(81(4,5)6)80(102)97-43-18-21-72(97)79(101)89-58(2)61-25-27-63(28-26-61)76-59(3)88-57-106-76/h9,13-15,19-20,25-34,36-39,53,57-58,67,72,77,90H,10-12,16-18,21-24,35,40-52,54-56H2,1-8H3,(H,89,101)(H,91,98)(H,92,100). The SMILES string of the molecule is C/C=S(/NC(=O)c1ccc(N2CCN(CC3=C(c4ccc(Cl)cc4)CCC(C)(CN(C)C(=O)CCCCCCCC(=O)NC(C(=O)N4CCCC4C(=O)NC(C)c4ccc(-c5scnc5C)cc4)C(C)(C)C)C3)CC2)cc1)c1ccc(NC(CCc2ccccc2)CCN2CCOCC2)c(S(=O)(=O)C(F)(F)F)c1. The Morgan fingerprint density at radius 1 is 0.815 bits per heavy atom. The minimum absolute atomic E-state index is 0.112. The monoisotopic (exact) mass is 1560 g/mol. The third-order valence-electron chi connectivity index (χ3n) is 21.5. The number of likely N-dealkylation sites (tertiary alicyclic amines) is 1. The first-order valence-electron chi connectivity index (χ1n) is 38.1. The number of anilines is 2. The molecule has 1 aromatic heterocycles. The lowest BCUT2D eigenvalue weighted by Crippen LogP contribution is -2.57. The molecule has 6 atom stereocenters. The van der Waals surface area contributed by atoms with E-state index in [0.29, 0.717) is 88.4 Å². The molecule has 3 fully saturated rings. The van der Waals surface area contributed by atoms with Crippen molar-refractivity contribution in [3.8, 4) is 10.4 Å². The minimum atomic E-state index is -5.83. The number of carbonyl (C=O) groups excluding carboxylic acids is 5. The van der Waals surface area contributed by atoms with Gasteiger partial charge in [-0.1, -0.05) is 142 Å². The molecule has 584 valence electrons. The summed E-state index contributed by atoms with van der Waals surface area (Å²) in [5.41, 5.74) is 4.53. The van der Waals surface area contributed by atoms with Gasteiger partial charge in [-0.15, -0.1) is 11.3 Å². The number of benzene rings is 5. The number of nitrogens with one attached hydrogen (secondary N) is 4. The highest BCUT2D eigenvalue weighted by molar-refractivity contribution is 8.13. The van der Waals surface area contributed by atoms with E-state index in [9.17, 15) is 45.6 Å². The van der Waals surface area contributed by atoms with Crippen molar-refractivity contribution < 1.29 is 50.3 Å². The molecule has 25 heteroatoms. The Labute approximate surface area is 648 Å². The number of aryl methyl sites for hydroxylation is 2. The number of ether oxygens (including phenoxy) is 1. The van der Waals surface area contributed by atoms with Crippen molar-refractivity contribution in [2.45, 2.75) is 184 Å². The van der Waals surface area contributed by atoms with E-state index in [-0.39, 0.29) is 58.1 Å². The summed E-state index contributed by atoms with van der Waals surface area (Å²) in [5, 5.41) is 11.7. The van der Waals surface area contributed by atoms with Crippen LogP contribution in [0.3, 0.4) is 0 Å². The molecule has 6 aromatic rings. The molecule has 4 N–H and O–H groups in total. The number of halogens is 4. The summed E-state index contributed by atoms with van der Waals surface area (Å²) >= 11 is 7.99. The average Bonchev–Trinajstić information content (AvgIpc) is 0.905. The largest absolute Gasteiger partial charge is 0.501 e. The van der Waals surface area contributed by atoms with Crippen molar-refractivity contribution in [1.82, 2.24) is 39.9 Å². The van der Waals surface area contributed by atoms with Gasteiger partial charge in [-0.2, -0.15) is 13.2 Å². The first-order chi connectivity index (χ1) is 51.6. The minimum Gasteiger partial charge on any atom is -0.381 e. The maximum atomic E-state index is 14.5. The van der Waals surface area contributed by atoms with Crippen molar-refractivity contribution >= 4 is 95.3 Å². The number of aromatic nitrogens is 1. The number of rotatable bonds is 32. The number of amides is 5. The molecule has 0 spiro atoms. The van der Waals surface area contributed by atoms with Crippen LogP contribution in [0.15, 0.2) is 142 Å². The Bertz CT molecular complexity index is 4220. The Morgan fingerprint density at radius 2 is 1.49 bits per heavy atom. The average molecular weight is 1560 g/mol. The highest BCUT2D eigenvalue weighted by Gasteiger charge is 2.49. The molecule has 1 aliphatic carbocycles. The zero-order chi connectivity index (χ0) is 77.3. The molecule has 4 aliphatic rings. The first kappa shape index (κ1) is 83.0. The highest BCUT2D eigenvalue weighted by atomic mass is 35.5. The van der Waals surface area contributed by atoms with Crippen LogP contribution in [0.1, 0.15) is 170 Å². The van der Waals surface area contributed by atoms with E-state index < -0.39 is 54.3 Å². The van der Waals surface area contributed by atoms with Crippen LogP contribution in [0.2, 0.25) is 5.02 Å². The quantitative estimate of drug-likeness (QED) is 0.0229. The number of hydrogen-bond donors (Lipinski definition) is 4. The van der Waals surface area contributed by atoms with Crippen LogP contribution in [-0.4, -0.2) is 177 Å². The summed E-state index contributed by atoms with van der Waals surface area (Å²) in [7, 11) is -5.20. The molecule has 0 saturated carbocycles. The van der Waals surface area contributed by atoms with Gasteiger partial charge in [0.25, 0.3) is 15.7 Å². The molecule has 5 amide bonds. The van der Waals surface area contributed by atoms with Crippen molar-refractivity contribution in [2.75, 3.05) is 95.9 Å². The molecule has 5 aromatic carbocycles. The number of unbranched alkanes of at least 4 members (excludes halogenated alkanes) is 4. The summed E-state index contributed by atoms with van der Waals surface area (Å²) < 4.78 is 78.9. The predicted octanol–water partition coefficient (Wildman–Crippen LogP) is 15.4. The number of carbonyl (C=O) groups is 5. The third-order valence-corrected chi connectivity index (χ3v) is 25.9. The summed E-state index contributed by atoms with van der Waals surface area (Å²) in [6, 6.07) is 35.1. The fourth-order valence-corrected chi connectivity index (χ4v) is 18.5. The van der Waals surface area contributed by atoms with Gasteiger partial charge < -0.3 is 35.4 Å². The molecule has 3 saturated heterocycles. The van der Waals surface area contributed by atoms with Crippen LogP contribution in [0, 0.1) is 17.8 Å². The van der Waals surface area contributed by atoms with Gasteiger partial charge in [0, 0.05) is 113 Å². The number of sulfone groups is 1. The molecule has 3 aliphatic heterocycles. The second-order valence-electron chi connectivity index (χ2n) is 30.8. The zero-order valence-corrected chi connectivity index (χ0v) is 67.0. The summed E-state index contributed by atoms with van der Waals surface area (Å²) in [6.07, 6.45) is 10.2. The van der Waals surface area contributed by atoms with E-state index in [1.165, 1.54) is 17.2 Å². The first-order valence-corrected chi connectivity index (χ1v) is 42.2. The van der Waals surface area contributed by atoms with Gasteiger partial charge in [0.15, 0.2) is 0 Å². The van der Waals surface area contributed by atoms with E-state index in [2.05, 4.69) is 59.4 Å². The summed E-state index contributed by atoms with van der Waals surface area (Å²) in [4.78, 5) is 84.7. The number of thiazole rings is 1. The molecular weight excluding hydrogens is 1450 g/mol. The van der Waals surface area contributed by atoms with Gasteiger partial charge in [-0.3, -0.25) is 38.5 Å². The van der Waals surface area contributed by atoms with Gasteiger partial charge in [-0.25, -0.2) is 13.4 Å². The van der Waals surface area contributed by atoms with Crippen LogP contribution in [0.5, 0.6) is 0 Å². The van der Waals surface area contributed by atoms with E-state index in [4.69, 9.17) is 16.3 Å². The van der Waals surface area contributed by atoms with Crippen molar-refractivity contribution in [3.05, 3.63) is 165 Å². The fourth-order valence-electron chi connectivity index (χ4n) is 15.2. The number of nitrogens with zero attached hydrogens (tertiary/aromatic N) is 6. The number of allylic oxidation sites excluding steroid dienone is 1. The molecule has 0 bridgehead atoms. The zero-order valence-electron chi connectivity index (χ0n) is 63.8. The lowest BCUT2D eigenvalue weighted by Gasteiger charge is -2.42. The second kappa shape index (κ2) is 38.0. The fraction of sp³-hybridized carbons (Fsp3) is 0.506. The highest BCUT2D eigenvalue weighted by Crippen LogP contribution is 2.45. The Kier molecular flexibility index (Phi) is 29.2. The number of hydrogen-bond acceptors (Lipinski definition) is 14. The molecule has 108 heavy (non-hydrogen) atoms. The van der Waals surface area contributed by atoms with E-state index in [1.807, 2.05) is 131 Å². The van der Waals surface area contributed by atoms with Gasteiger partial charge in [-0.05, 0) is 184 Å². The molecular formula is C83H108ClF3N10O8S3. The van der Waals surface area contributed by atoms with Crippen LogP contribution < -0.4 is 25.6 Å². The smallest absolute Gasteiger partial charge is 0.381 e. The van der Waals surface area contributed by atoms with Crippen LogP contribution in [0.4, 0.5) is 24.5 Å². The molecule has 4 heterocycles. The number of morpholine rings is 1. The predicted molar refractivity (Wildman–Crippen MR) is 429 cm³/mol. The molecule has 10 rings (SSSR count). The van der Waals surface area contributed by atoms with Gasteiger partial charge in [0.1, 0.15) is 17.0 Å². The molecule has 6 unspecified atom stereocenters. The Balaban J connectivity index is 0.672. The lowest BCUT2D eigenvalue weighted by atomic mass is 9.71.